The van der Waals surface area contributed by atoms with Crippen molar-refractivity contribution in [3.63, 3.8) is 0 Å². The van der Waals surface area contributed by atoms with Gasteiger partial charge in [0.25, 0.3) is 5.91 Å². The van der Waals surface area contributed by atoms with Crippen LogP contribution >= 0.6 is 0 Å². The van der Waals surface area contributed by atoms with E-state index < -0.39 is 17.6 Å². The number of amides is 1. The molecule has 0 atom stereocenters. The number of piperazine rings is 1. The Morgan fingerprint density at radius 2 is 1.87 bits per heavy atom. The van der Waals surface area contributed by atoms with E-state index in [2.05, 4.69) is 39.0 Å². The predicted octanol–water partition coefficient (Wildman–Crippen LogP) is 4.59. The molecule has 1 fully saturated rings. The second kappa shape index (κ2) is 10.5. The van der Waals surface area contributed by atoms with E-state index in [-0.39, 0.29) is 23.5 Å². The zero-order valence-electron chi connectivity index (χ0n) is 21.1. The SMILES string of the molecule is CC(C)N1CCN(Cc2ccc(NC(=O)c3cccc(-c4cnc5cnccn45)n3)cc2C(F)(F)F)CC1. The van der Waals surface area contributed by atoms with Gasteiger partial charge in [0, 0.05) is 56.8 Å². The predicted molar refractivity (Wildman–Crippen MR) is 138 cm³/mol. The average molecular weight is 524 g/mol. The number of fused-ring (bicyclic) bond motifs is 1. The summed E-state index contributed by atoms with van der Waals surface area (Å²) in [4.78, 5) is 30.0. The molecule has 1 aliphatic rings. The van der Waals surface area contributed by atoms with Crippen molar-refractivity contribution < 1.29 is 18.0 Å². The van der Waals surface area contributed by atoms with Gasteiger partial charge in [-0.05, 0) is 43.7 Å². The van der Waals surface area contributed by atoms with Crippen LogP contribution in [0.2, 0.25) is 0 Å². The minimum atomic E-state index is -4.55. The Morgan fingerprint density at radius 1 is 1.08 bits per heavy atom. The Hall–Kier alpha value is -3.83. The number of nitrogens with zero attached hydrogens (tertiary/aromatic N) is 6. The van der Waals surface area contributed by atoms with Crippen LogP contribution < -0.4 is 5.32 Å². The van der Waals surface area contributed by atoms with Gasteiger partial charge < -0.3 is 5.32 Å². The highest BCUT2D eigenvalue weighted by molar-refractivity contribution is 6.03. The van der Waals surface area contributed by atoms with E-state index in [4.69, 9.17) is 0 Å². The van der Waals surface area contributed by atoms with Gasteiger partial charge in [-0.2, -0.15) is 13.2 Å². The lowest BCUT2D eigenvalue weighted by Crippen LogP contribution is -2.48. The monoisotopic (exact) mass is 523 g/mol. The van der Waals surface area contributed by atoms with Gasteiger partial charge in [-0.25, -0.2) is 9.97 Å². The van der Waals surface area contributed by atoms with E-state index in [9.17, 15) is 18.0 Å². The van der Waals surface area contributed by atoms with Crippen molar-refractivity contribution >= 4 is 17.2 Å². The first-order valence-electron chi connectivity index (χ1n) is 12.4. The number of hydrogen-bond donors (Lipinski definition) is 1. The van der Waals surface area contributed by atoms with E-state index in [1.807, 2.05) is 4.90 Å². The molecule has 8 nitrogen and oxygen atoms in total. The highest BCUT2D eigenvalue weighted by Gasteiger charge is 2.34. The van der Waals surface area contributed by atoms with Gasteiger partial charge in [0.05, 0.1) is 29.3 Å². The summed E-state index contributed by atoms with van der Waals surface area (Å²) in [5.41, 5.74) is 1.37. The van der Waals surface area contributed by atoms with E-state index in [0.717, 1.165) is 19.2 Å². The summed E-state index contributed by atoms with van der Waals surface area (Å²) < 4.78 is 43.7. The number of carbonyl (C=O) groups excluding carboxylic acids is 1. The maximum Gasteiger partial charge on any atom is 0.416 e. The van der Waals surface area contributed by atoms with E-state index in [0.29, 0.717) is 36.2 Å². The summed E-state index contributed by atoms with van der Waals surface area (Å²) >= 11 is 0. The zero-order chi connectivity index (χ0) is 26.9. The standard InChI is InChI=1S/C27H28F3N7O/c1-18(2)36-12-10-35(11-13-36)17-19-6-7-20(14-21(19)27(28,29)30)33-26(38)23-5-3-4-22(34-23)24-15-32-25-16-31-8-9-37(24)25/h3-9,14-16,18H,10-13,17H2,1-2H3,(H,33,38). The van der Waals surface area contributed by atoms with Gasteiger partial charge >= 0.3 is 6.18 Å². The van der Waals surface area contributed by atoms with Crippen LogP contribution in [0, 0.1) is 0 Å². The number of carbonyl (C=O) groups is 1. The fraction of sp³-hybridized carbons (Fsp3) is 0.333. The van der Waals surface area contributed by atoms with E-state index in [1.165, 1.54) is 18.2 Å². The molecule has 0 bridgehead atoms. The molecule has 198 valence electrons. The lowest BCUT2D eigenvalue weighted by Gasteiger charge is -2.37. The summed E-state index contributed by atoms with van der Waals surface area (Å²) in [6.45, 7) is 7.50. The summed E-state index contributed by atoms with van der Waals surface area (Å²) in [7, 11) is 0. The second-order valence-corrected chi connectivity index (χ2v) is 9.59. The van der Waals surface area contributed by atoms with Gasteiger partial charge in [0.1, 0.15) is 5.69 Å². The number of hydrogen-bond acceptors (Lipinski definition) is 6. The molecule has 0 spiro atoms. The largest absolute Gasteiger partial charge is 0.416 e. The van der Waals surface area contributed by atoms with Crippen molar-refractivity contribution in [2.24, 2.45) is 0 Å². The smallest absolute Gasteiger partial charge is 0.321 e. The van der Waals surface area contributed by atoms with Crippen LogP contribution in [-0.4, -0.2) is 67.3 Å². The highest BCUT2D eigenvalue weighted by atomic mass is 19.4. The lowest BCUT2D eigenvalue weighted by atomic mass is 10.0. The molecule has 5 rings (SSSR count). The molecule has 0 unspecified atom stereocenters. The molecular weight excluding hydrogens is 495 g/mol. The third-order valence-corrected chi connectivity index (χ3v) is 6.77. The van der Waals surface area contributed by atoms with Gasteiger partial charge in [0.2, 0.25) is 0 Å². The summed E-state index contributed by atoms with van der Waals surface area (Å²) in [6.07, 6.45) is 2.02. The fourth-order valence-electron chi connectivity index (χ4n) is 4.67. The van der Waals surface area contributed by atoms with Crippen LogP contribution in [0.4, 0.5) is 18.9 Å². The molecule has 1 amide bonds. The molecule has 1 N–H and O–H groups in total. The molecule has 3 aromatic heterocycles. The number of nitrogens with one attached hydrogen (secondary N) is 1. The van der Waals surface area contributed by atoms with Gasteiger partial charge in [-0.15, -0.1) is 0 Å². The van der Waals surface area contributed by atoms with Crippen molar-refractivity contribution in [3.8, 4) is 11.4 Å². The number of alkyl halides is 3. The van der Waals surface area contributed by atoms with Crippen LogP contribution in [-0.2, 0) is 12.7 Å². The number of benzene rings is 1. The number of aromatic nitrogens is 4. The molecular formula is C27H28F3N7O. The third-order valence-electron chi connectivity index (χ3n) is 6.77. The molecule has 4 aromatic rings. The first-order chi connectivity index (χ1) is 18.2. The number of imidazole rings is 1. The fourth-order valence-corrected chi connectivity index (χ4v) is 4.67. The number of halogens is 3. The second-order valence-electron chi connectivity index (χ2n) is 9.59. The van der Waals surface area contributed by atoms with Crippen LogP contribution in [0.1, 0.15) is 35.5 Å². The Balaban J connectivity index is 1.33. The Labute approximate surface area is 218 Å². The Morgan fingerprint density at radius 3 is 2.61 bits per heavy atom. The molecule has 11 heteroatoms. The molecule has 38 heavy (non-hydrogen) atoms. The maximum atomic E-state index is 14.0. The summed E-state index contributed by atoms with van der Waals surface area (Å²) in [5, 5.41) is 2.58. The quantitative estimate of drug-likeness (QED) is 0.399. The molecule has 0 saturated carbocycles. The number of rotatable bonds is 6. The Kier molecular flexibility index (Phi) is 7.13. The van der Waals surface area contributed by atoms with Crippen molar-refractivity contribution in [2.75, 3.05) is 31.5 Å². The average Bonchev–Trinajstić information content (AvgIpc) is 3.33. The molecule has 0 aliphatic carbocycles. The number of anilines is 1. The first-order valence-corrected chi connectivity index (χ1v) is 12.4. The first kappa shape index (κ1) is 25.8. The highest BCUT2D eigenvalue weighted by Crippen LogP contribution is 2.35. The van der Waals surface area contributed by atoms with Gasteiger partial charge in [0.15, 0.2) is 5.65 Å². The topological polar surface area (TPSA) is 78.7 Å². The minimum Gasteiger partial charge on any atom is -0.321 e. The Bertz CT molecular complexity index is 1440. The molecule has 1 saturated heterocycles. The summed E-state index contributed by atoms with van der Waals surface area (Å²) in [5.74, 6) is -0.604. The van der Waals surface area contributed by atoms with Crippen LogP contribution in [0.25, 0.3) is 17.0 Å². The van der Waals surface area contributed by atoms with E-state index in [1.54, 1.807) is 41.3 Å². The third kappa shape index (κ3) is 5.53. The van der Waals surface area contributed by atoms with E-state index >= 15 is 0 Å². The molecule has 0 radical (unpaired) electrons. The normalized spacial score (nSPS) is 15.3. The molecule has 4 heterocycles. The lowest BCUT2D eigenvalue weighted by molar-refractivity contribution is -0.138. The maximum absolute atomic E-state index is 14.0. The van der Waals surface area contributed by atoms with Gasteiger partial charge in [-0.1, -0.05) is 12.1 Å². The van der Waals surface area contributed by atoms with Crippen molar-refractivity contribution in [2.45, 2.75) is 32.6 Å². The molecule has 1 aromatic carbocycles. The number of pyridine rings is 1. The van der Waals surface area contributed by atoms with Crippen molar-refractivity contribution in [3.05, 3.63) is 78.0 Å². The van der Waals surface area contributed by atoms with Crippen LogP contribution in [0.5, 0.6) is 0 Å². The molecule has 1 aliphatic heterocycles. The minimum absolute atomic E-state index is 0.0591. The van der Waals surface area contributed by atoms with Crippen molar-refractivity contribution in [1.82, 2.24) is 29.2 Å². The van der Waals surface area contributed by atoms with Crippen molar-refractivity contribution in [1.29, 1.82) is 0 Å². The zero-order valence-corrected chi connectivity index (χ0v) is 21.1. The van der Waals surface area contributed by atoms with Crippen LogP contribution in [0.15, 0.2) is 61.2 Å². The summed E-state index contributed by atoms with van der Waals surface area (Å²) in [6, 6.07) is 9.29. The van der Waals surface area contributed by atoms with Crippen LogP contribution in [0.3, 0.4) is 0 Å². The van der Waals surface area contributed by atoms with Gasteiger partial charge in [-0.3, -0.25) is 24.0 Å².